The summed E-state index contributed by atoms with van der Waals surface area (Å²) in [7, 11) is 1.89. The molecule has 658 valence electrons. The maximum Gasteiger partial charge on any atom is 0.349 e. The Morgan fingerprint density at radius 3 is 1.46 bits per heavy atom. The number of nitro benzene ring substituents is 2. The van der Waals surface area contributed by atoms with Crippen molar-refractivity contribution in [1.82, 2.24) is 36.2 Å². The molecule has 0 spiro atoms. The fourth-order valence-electron chi connectivity index (χ4n) is 12.9. The van der Waals surface area contributed by atoms with Crippen molar-refractivity contribution in [2.45, 2.75) is 107 Å². The molecule has 0 aliphatic carbocycles. The Bertz CT molecular complexity index is 5570. The molecular formula is C88H105N15O21. The summed E-state index contributed by atoms with van der Waals surface area (Å²) in [6.07, 6.45) is 14.9. The summed E-state index contributed by atoms with van der Waals surface area (Å²) >= 11 is 0. The number of nitrogens with zero attached hydrogens (tertiary/aromatic N) is 9. The van der Waals surface area contributed by atoms with E-state index in [1.54, 1.807) is 79.0 Å². The Morgan fingerprint density at radius 2 is 1.00 bits per heavy atom. The van der Waals surface area contributed by atoms with Gasteiger partial charge in [-0.25, -0.2) is 28.4 Å². The molecule has 0 fully saturated rings. The molecular weight excluding hydrogens is 1600 g/mol. The van der Waals surface area contributed by atoms with Gasteiger partial charge in [-0.3, -0.25) is 44.2 Å². The zero-order valence-corrected chi connectivity index (χ0v) is 67.3. The molecule has 5 heterocycles. The minimum atomic E-state index is -0.747. The van der Waals surface area contributed by atoms with Crippen molar-refractivity contribution in [2.75, 3.05) is 130 Å². The molecule has 0 saturated carbocycles. The van der Waals surface area contributed by atoms with Crippen molar-refractivity contribution in [3.8, 4) is 0 Å². The maximum absolute atomic E-state index is 12.9. The highest BCUT2D eigenvalue weighted by molar-refractivity contribution is 6.00. The van der Waals surface area contributed by atoms with Crippen molar-refractivity contribution in [1.29, 1.82) is 0 Å². The first-order valence-corrected chi connectivity index (χ1v) is 39.4. The quantitative estimate of drug-likeness (QED) is 0.00302. The summed E-state index contributed by atoms with van der Waals surface area (Å²) in [5.74, 6) is -2.67. The van der Waals surface area contributed by atoms with Crippen LogP contribution in [-0.4, -0.2) is 176 Å². The van der Waals surface area contributed by atoms with Crippen LogP contribution < -0.4 is 53.0 Å². The zero-order valence-electron chi connectivity index (χ0n) is 67.3. The van der Waals surface area contributed by atoms with Crippen LogP contribution in [0.2, 0.25) is 0 Å². The van der Waals surface area contributed by atoms with Gasteiger partial charge in [0, 0.05) is 136 Å². The number of nitrogens with one attached hydrogen (secondary N) is 6. The highest BCUT2D eigenvalue weighted by Gasteiger charge is 2.25. The topological polar surface area (TPSA) is 463 Å². The summed E-state index contributed by atoms with van der Waals surface area (Å²) < 4.78 is 41.9. The molecule has 10 aromatic rings. The lowest BCUT2D eigenvalue weighted by atomic mass is 10.00. The number of unbranched alkanes of at least 4 members (excludes halogenated alkanes) is 4. The van der Waals surface area contributed by atoms with Crippen LogP contribution in [0, 0.1) is 20.2 Å². The summed E-state index contributed by atoms with van der Waals surface area (Å²) in [4.78, 5) is 140. The van der Waals surface area contributed by atoms with E-state index in [2.05, 4.69) is 67.0 Å². The maximum atomic E-state index is 12.9. The predicted octanol–water partition coefficient (Wildman–Crippen LogP) is 13.8. The van der Waals surface area contributed by atoms with Crippen LogP contribution in [0.25, 0.3) is 50.1 Å². The van der Waals surface area contributed by atoms with Gasteiger partial charge < -0.3 is 74.4 Å². The largest absolute Gasteiger partial charge is 0.460 e. The van der Waals surface area contributed by atoms with Crippen molar-refractivity contribution in [3.63, 3.8) is 0 Å². The van der Waals surface area contributed by atoms with Gasteiger partial charge in [-0.2, -0.15) is 0 Å². The Kier molecular flexibility index (Phi) is 38.1. The first-order chi connectivity index (χ1) is 58.7. The number of allylic oxidation sites excluding steroid dienone is 1. The van der Waals surface area contributed by atoms with Gasteiger partial charge in [0.15, 0.2) is 11.0 Å². The van der Waals surface area contributed by atoms with Crippen LogP contribution >= 0.6 is 0 Å². The second-order valence-corrected chi connectivity index (χ2v) is 27.3. The third-order valence-corrected chi connectivity index (χ3v) is 19.3. The van der Waals surface area contributed by atoms with Crippen LogP contribution in [0.5, 0.6) is 0 Å². The molecule has 0 saturated heterocycles. The Balaban J connectivity index is 0.000000333. The predicted molar refractivity (Wildman–Crippen MR) is 472 cm³/mol. The molecule has 4 aromatic heterocycles. The molecule has 0 radical (unpaired) electrons. The molecule has 1 aliphatic rings. The fourth-order valence-corrected chi connectivity index (χ4v) is 12.9. The number of rotatable bonds is 44. The number of fused-ring (bicyclic) bond motifs is 4. The number of carbonyl (C=O) groups excluding carboxylic acids is 7. The third-order valence-electron chi connectivity index (χ3n) is 19.3. The summed E-state index contributed by atoms with van der Waals surface area (Å²) in [6.45, 7) is 13.0. The number of esters is 2. The second-order valence-electron chi connectivity index (χ2n) is 27.3. The molecule has 1 unspecified atom stereocenters. The average Bonchev–Trinajstić information content (AvgIpc) is 1.74. The van der Waals surface area contributed by atoms with E-state index >= 15 is 0 Å². The minimum absolute atomic E-state index is 0. The lowest BCUT2D eigenvalue weighted by Crippen LogP contribution is -2.31. The number of carbonyl (C=O) groups is 7. The summed E-state index contributed by atoms with van der Waals surface area (Å²) in [5, 5.41) is 55.8. The molecule has 11 rings (SSSR count). The molecule has 1 atom stereocenters. The molecule has 36 nitrogen and oxygen atoms in total. The minimum Gasteiger partial charge on any atom is -0.460 e. The Morgan fingerprint density at radius 1 is 0.540 bits per heavy atom. The van der Waals surface area contributed by atoms with Crippen LogP contribution in [-0.2, 0) is 42.9 Å². The monoisotopic (exact) mass is 1710 g/mol. The van der Waals surface area contributed by atoms with Crippen molar-refractivity contribution >= 4 is 137 Å². The number of hydrogen-bond donors (Lipinski definition) is 6. The highest BCUT2D eigenvalue weighted by atomic mass is 16.6. The molecule has 0 bridgehead atoms. The Labute approximate surface area is 714 Å². The smallest absolute Gasteiger partial charge is 0.349 e. The van der Waals surface area contributed by atoms with E-state index in [1.807, 2.05) is 82.1 Å². The zero-order chi connectivity index (χ0) is 86.2. The number of ether oxygens (including phenoxy) is 4. The number of likely N-dealkylation sites (N-methyl/N-ethyl adjacent to an activating group) is 1. The SMILES string of the molecule is C.C.C.CCN(CC)c1ccc2cc(C(=O)NCCOCCOC(=O)C(/C=C/c3ccc(NC(=O)CCCCCNc4ccc([N+](=O)[O-])c5nonc45)cc3)=C/C=O)c(=O)oc2c1.CCN(CC)c1ccc2cc(C(=O)NCCOCCOC(=O)C3=CC(c4ccc(NC(=O)CCCCCNc5ccc([N+](=O)[O-])c6nonc56)cc4)N(C)C=C3)c(=O)oc2c1. The van der Waals surface area contributed by atoms with E-state index in [0.29, 0.717) is 106 Å². The van der Waals surface area contributed by atoms with Gasteiger partial charge in [-0.15, -0.1) is 0 Å². The Hall–Kier alpha value is -14.3. The van der Waals surface area contributed by atoms with Crippen molar-refractivity contribution in [3.05, 3.63) is 226 Å². The fraction of sp³-hybridized carbons (Fsp3) is 0.352. The van der Waals surface area contributed by atoms with Gasteiger partial charge in [-0.1, -0.05) is 65.5 Å². The normalized spacial score (nSPS) is 12.2. The number of aldehydes is 1. The average molecular weight is 1710 g/mol. The van der Waals surface area contributed by atoms with E-state index < -0.39 is 44.9 Å². The summed E-state index contributed by atoms with van der Waals surface area (Å²) in [5.41, 5.74) is 5.76. The third kappa shape index (κ3) is 27.1. The lowest BCUT2D eigenvalue weighted by molar-refractivity contribution is -0.383. The first kappa shape index (κ1) is 96.8. The molecule has 36 heteroatoms. The standard InChI is InChI=1S/C43H48N8O10.C42H45N7O11.3CH4/c1-4-50(5-2)32-15-12-29-25-33(43(55)60-37(29)27-32)41(53)45-20-22-58-23-24-59-42(54)30-18-21-49(3)36(26-30)28-10-13-31(14-11-28)46-38(52)9-7-6-8-19-44-34-16-17-35(51(56)57)40-39(34)47-61-48-40;1-3-48(4-2)32-16-13-30-26-33(42(54)59-36(30)27-32)40(52)44-21-23-57-24-25-58-41(53)29(19-22-50)12-9-28-10-14-31(15-11-28)45-37(51)8-6-5-7-20-43-34-17-18-35(49(55)56)39-38(34)46-60-47-39;;;/h10-18,21,25-27,36,44H,4-9,19-20,22-24H2,1-3H3,(H,45,53)(H,46,52);9-19,22,26-27,43H,3-8,20-21,23-25H2,1-2H3,(H,44,52)(H,45,51);3*1H4/b;12-9+,29-19+;;;. The number of hydrogen-bond acceptors (Lipinski definition) is 30. The van der Waals surface area contributed by atoms with E-state index in [9.17, 15) is 63.4 Å². The van der Waals surface area contributed by atoms with Crippen LogP contribution in [0.1, 0.15) is 139 Å². The van der Waals surface area contributed by atoms with Gasteiger partial charge >= 0.3 is 34.6 Å². The molecule has 4 amide bonds. The number of non-ortho nitro benzene ring substituents is 2. The van der Waals surface area contributed by atoms with Gasteiger partial charge in [0.25, 0.3) is 11.8 Å². The van der Waals surface area contributed by atoms with Crippen LogP contribution in [0.15, 0.2) is 191 Å². The molecule has 1 aliphatic heterocycles. The van der Waals surface area contributed by atoms with Crippen molar-refractivity contribution < 1.29 is 80.4 Å². The van der Waals surface area contributed by atoms with E-state index in [0.717, 1.165) is 74.9 Å². The highest BCUT2D eigenvalue weighted by Crippen LogP contribution is 2.33. The van der Waals surface area contributed by atoms with Crippen LogP contribution in [0.4, 0.5) is 45.5 Å². The second kappa shape index (κ2) is 48.8. The molecule has 6 aromatic carbocycles. The van der Waals surface area contributed by atoms with Gasteiger partial charge in [0.1, 0.15) is 41.8 Å². The number of nitro groups is 2. The lowest BCUT2D eigenvalue weighted by Gasteiger charge is -2.28. The van der Waals surface area contributed by atoms with Gasteiger partial charge in [0.2, 0.25) is 22.8 Å². The van der Waals surface area contributed by atoms with Crippen LogP contribution in [0.3, 0.4) is 0 Å². The summed E-state index contributed by atoms with van der Waals surface area (Å²) in [6, 6.07) is 34.0. The number of benzene rings is 6. The van der Waals surface area contributed by atoms with Gasteiger partial charge in [-0.05, 0) is 182 Å². The van der Waals surface area contributed by atoms with Crippen molar-refractivity contribution in [2.24, 2.45) is 0 Å². The van der Waals surface area contributed by atoms with E-state index in [4.69, 9.17) is 32.4 Å². The van der Waals surface area contributed by atoms with E-state index in [1.165, 1.54) is 30.3 Å². The first-order valence-electron chi connectivity index (χ1n) is 39.4. The molecule has 124 heavy (non-hydrogen) atoms. The number of aromatic nitrogens is 4. The van der Waals surface area contributed by atoms with E-state index in [-0.39, 0.29) is 137 Å². The molecule has 6 N–H and O–H groups in total. The van der Waals surface area contributed by atoms with Gasteiger partial charge in [0.05, 0.1) is 64.8 Å². The number of amides is 4. The number of anilines is 6.